The summed E-state index contributed by atoms with van der Waals surface area (Å²) in [5.41, 5.74) is 5.19. The number of nitrogens with zero attached hydrogens (tertiary/aromatic N) is 3. The molecule has 1 N–H and O–H groups in total. The minimum atomic E-state index is -0.672. The Bertz CT molecular complexity index is 1280. The molecule has 0 aliphatic heterocycles. The molecule has 2 aromatic carbocycles. The largest absolute Gasteiger partial charge is 0.324 e. The maximum atomic E-state index is 13.8. The third-order valence-corrected chi connectivity index (χ3v) is 5.38. The Labute approximate surface area is 178 Å². The van der Waals surface area contributed by atoms with Crippen molar-refractivity contribution < 1.29 is 13.6 Å². The van der Waals surface area contributed by atoms with Crippen LogP contribution in [0.5, 0.6) is 0 Å². The molecule has 0 atom stereocenters. The first kappa shape index (κ1) is 20.7. The summed E-state index contributed by atoms with van der Waals surface area (Å²) in [7, 11) is 0. The molecule has 0 aliphatic rings. The number of benzene rings is 2. The predicted octanol–water partition coefficient (Wildman–Crippen LogP) is 5.20. The first-order valence-corrected chi connectivity index (χ1v) is 10.0. The van der Waals surface area contributed by atoms with Crippen molar-refractivity contribution in [2.24, 2.45) is 0 Å². The molecule has 31 heavy (non-hydrogen) atoms. The van der Waals surface area contributed by atoms with E-state index >= 15 is 0 Å². The van der Waals surface area contributed by atoms with Gasteiger partial charge in [-0.15, -0.1) is 0 Å². The smallest absolute Gasteiger partial charge is 0.224 e. The highest BCUT2D eigenvalue weighted by atomic mass is 19.1. The van der Waals surface area contributed by atoms with Crippen LogP contribution in [0.2, 0.25) is 0 Å². The number of aryl methyl sites for hydroxylation is 3. The summed E-state index contributed by atoms with van der Waals surface area (Å²) in [6.45, 7) is 5.85. The molecule has 4 aromatic rings. The van der Waals surface area contributed by atoms with Crippen molar-refractivity contribution in [2.45, 2.75) is 33.6 Å². The maximum Gasteiger partial charge on any atom is 0.224 e. The van der Waals surface area contributed by atoms with Gasteiger partial charge in [0, 0.05) is 23.6 Å². The SMILES string of the molecule is Cc1nc2c(c(C)nn2-c2ccccc2)c(C)c1CCC(=O)Nc1cc(F)ccc1F. The number of rotatable bonds is 5. The quantitative estimate of drug-likeness (QED) is 0.483. The van der Waals surface area contributed by atoms with E-state index in [1.54, 1.807) is 0 Å². The molecule has 4 rings (SSSR count). The Kier molecular flexibility index (Phi) is 5.50. The van der Waals surface area contributed by atoms with Gasteiger partial charge < -0.3 is 5.32 Å². The number of fused-ring (bicyclic) bond motifs is 1. The third kappa shape index (κ3) is 4.03. The first-order valence-electron chi connectivity index (χ1n) is 10.0. The zero-order valence-corrected chi connectivity index (χ0v) is 17.5. The summed E-state index contributed by atoms with van der Waals surface area (Å²) >= 11 is 0. The number of carbonyl (C=O) groups is 1. The second-order valence-corrected chi connectivity index (χ2v) is 7.50. The Morgan fingerprint density at radius 2 is 1.77 bits per heavy atom. The number of carbonyl (C=O) groups excluding carboxylic acids is 1. The molecular formula is C24H22F2N4O. The zero-order chi connectivity index (χ0) is 22.1. The third-order valence-electron chi connectivity index (χ3n) is 5.38. The molecule has 5 nitrogen and oxygen atoms in total. The van der Waals surface area contributed by atoms with E-state index in [1.807, 2.05) is 55.8 Å². The lowest BCUT2D eigenvalue weighted by atomic mass is 9.99. The normalized spacial score (nSPS) is 11.1. The van der Waals surface area contributed by atoms with Gasteiger partial charge in [0.1, 0.15) is 11.6 Å². The van der Waals surface area contributed by atoms with Crippen LogP contribution < -0.4 is 5.32 Å². The van der Waals surface area contributed by atoms with Crippen LogP contribution in [0.4, 0.5) is 14.5 Å². The van der Waals surface area contributed by atoms with Crippen LogP contribution in [0.15, 0.2) is 48.5 Å². The monoisotopic (exact) mass is 420 g/mol. The number of halogens is 2. The second-order valence-electron chi connectivity index (χ2n) is 7.50. The standard InChI is InChI=1S/C24H22F2N4O/c1-14-19(10-12-22(31)28-21-13-17(25)9-11-20(21)26)15(2)27-24-23(14)16(3)29-30(24)18-7-5-4-6-8-18/h4-9,11,13H,10,12H2,1-3H3,(H,28,31). The summed E-state index contributed by atoms with van der Waals surface area (Å²) in [6.07, 6.45) is 0.552. The van der Waals surface area contributed by atoms with Gasteiger partial charge >= 0.3 is 0 Å². The second kappa shape index (κ2) is 8.26. The highest BCUT2D eigenvalue weighted by Gasteiger charge is 2.18. The number of para-hydroxylation sites is 1. The van der Waals surface area contributed by atoms with E-state index in [0.29, 0.717) is 6.42 Å². The van der Waals surface area contributed by atoms with Crippen molar-refractivity contribution in [1.29, 1.82) is 0 Å². The molecule has 0 fully saturated rings. The van der Waals surface area contributed by atoms with E-state index in [2.05, 4.69) is 10.4 Å². The van der Waals surface area contributed by atoms with E-state index in [9.17, 15) is 13.6 Å². The Morgan fingerprint density at radius 1 is 1.03 bits per heavy atom. The van der Waals surface area contributed by atoms with Gasteiger partial charge in [-0.2, -0.15) is 5.10 Å². The van der Waals surface area contributed by atoms with Crippen LogP contribution >= 0.6 is 0 Å². The number of anilines is 1. The highest BCUT2D eigenvalue weighted by molar-refractivity contribution is 5.91. The highest BCUT2D eigenvalue weighted by Crippen LogP contribution is 2.28. The number of hydrogen-bond acceptors (Lipinski definition) is 3. The fraction of sp³-hybridized carbons (Fsp3) is 0.208. The first-order chi connectivity index (χ1) is 14.8. The number of amides is 1. The molecule has 158 valence electrons. The van der Waals surface area contributed by atoms with E-state index in [0.717, 1.165) is 57.4 Å². The molecule has 1 amide bonds. The predicted molar refractivity (Wildman–Crippen MR) is 116 cm³/mol. The zero-order valence-electron chi connectivity index (χ0n) is 17.5. The van der Waals surface area contributed by atoms with Crippen molar-refractivity contribution in [3.05, 3.63) is 82.7 Å². The molecule has 0 saturated carbocycles. The summed E-state index contributed by atoms with van der Waals surface area (Å²) in [5, 5.41) is 8.07. The lowest BCUT2D eigenvalue weighted by Crippen LogP contribution is -2.14. The van der Waals surface area contributed by atoms with Gasteiger partial charge in [0.15, 0.2) is 5.65 Å². The van der Waals surface area contributed by atoms with Crippen LogP contribution in [-0.2, 0) is 11.2 Å². The topological polar surface area (TPSA) is 59.8 Å². The van der Waals surface area contributed by atoms with Crippen LogP contribution in [0.1, 0.15) is 28.9 Å². The van der Waals surface area contributed by atoms with E-state index in [4.69, 9.17) is 4.98 Å². The lowest BCUT2D eigenvalue weighted by molar-refractivity contribution is -0.116. The van der Waals surface area contributed by atoms with Gasteiger partial charge in [-0.25, -0.2) is 18.4 Å². The van der Waals surface area contributed by atoms with Crippen LogP contribution in [-0.4, -0.2) is 20.7 Å². The van der Waals surface area contributed by atoms with Gasteiger partial charge in [0.25, 0.3) is 0 Å². The molecule has 0 unspecified atom stereocenters. The number of pyridine rings is 1. The fourth-order valence-electron chi connectivity index (χ4n) is 3.87. The minimum Gasteiger partial charge on any atom is -0.324 e. The van der Waals surface area contributed by atoms with Gasteiger partial charge in [0.05, 0.1) is 17.1 Å². The fourth-order valence-corrected chi connectivity index (χ4v) is 3.87. The summed E-state index contributed by atoms with van der Waals surface area (Å²) in [5.74, 6) is -1.67. The van der Waals surface area contributed by atoms with Gasteiger partial charge in [0.2, 0.25) is 5.91 Å². The average molecular weight is 420 g/mol. The lowest BCUT2D eigenvalue weighted by Gasteiger charge is -2.12. The van der Waals surface area contributed by atoms with E-state index in [-0.39, 0.29) is 18.0 Å². The minimum absolute atomic E-state index is 0.122. The molecule has 0 aliphatic carbocycles. The Balaban J connectivity index is 1.61. The van der Waals surface area contributed by atoms with Crippen LogP contribution in [0.3, 0.4) is 0 Å². The van der Waals surface area contributed by atoms with Crippen molar-refractivity contribution in [1.82, 2.24) is 14.8 Å². The maximum absolute atomic E-state index is 13.8. The number of nitrogens with one attached hydrogen (secondary N) is 1. The molecular weight excluding hydrogens is 398 g/mol. The molecule has 2 heterocycles. The summed E-state index contributed by atoms with van der Waals surface area (Å²) in [6, 6.07) is 12.8. The van der Waals surface area contributed by atoms with Crippen molar-refractivity contribution in [3.8, 4) is 5.69 Å². The van der Waals surface area contributed by atoms with E-state index < -0.39 is 11.6 Å². The Hall–Kier alpha value is -3.61. The number of aromatic nitrogens is 3. The van der Waals surface area contributed by atoms with Gasteiger partial charge in [-0.05, 0) is 62.6 Å². The van der Waals surface area contributed by atoms with Crippen LogP contribution in [0, 0.1) is 32.4 Å². The van der Waals surface area contributed by atoms with Crippen molar-refractivity contribution in [2.75, 3.05) is 5.32 Å². The van der Waals surface area contributed by atoms with Crippen molar-refractivity contribution in [3.63, 3.8) is 0 Å². The summed E-state index contributed by atoms with van der Waals surface area (Å²) in [4.78, 5) is 17.1. The molecule has 0 spiro atoms. The van der Waals surface area contributed by atoms with Crippen molar-refractivity contribution >= 4 is 22.6 Å². The molecule has 0 radical (unpaired) electrons. The molecule has 2 aromatic heterocycles. The average Bonchev–Trinajstić information content (AvgIpc) is 3.07. The molecule has 7 heteroatoms. The van der Waals surface area contributed by atoms with Crippen LogP contribution in [0.25, 0.3) is 16.7 Å². The number of hydrogen-bond donors (Lipinski definition) is 1. The molecule has 0 saturated heterocycles. The Morgan fingerprint density at radius 3 is 2.52 bits per heavy atom. The van der Waals surface area contributed by atoms with Gasteiger partial charge in [-0.3, -0.25) is 4.79 Å². The van der Waals surface area contributed by atoms with E-state index in [1.165, 1.54) is 0 Å². The van der Waals surface area contributed by atoms with Gasteiger partial charge in [-0.1, -0.05) is 18.2 Å². The summed E-state index contributed by atoms with van der Waals surface area (Å²) < 4.78 is 28.9. The molecule has 0 bridgehead atoms.